The zero-order chi connectivity index (χ0) is 17.9. The van der Waals surface area contributed by atoms with E-state index in [4.69, 9.17) is 9.98 Å². The molecule has 2 atom stereocenters. The first-order valence-electron chi connectivity index (χ1n) is 9.51. The molecular weight excluding hydrogens is 320 g/mol. The van der Waals surface area contributed by atoms with Crippen LogP contribution in [0.25, 0.3) is 0 Å². The Morgan fingerprint density at radius 2 is 1.04 bits per heavy atom. The Labute approximate surface area is 155 Å². The lowest BCUT2D eigenvalue weighted by Crippen LogP contribution is -2.41. The molecule has 0 bridgehead atoms. The number of hydrogen-bond donors (Lipinski definition) is 2. The van der Waals surface area contributed by atoms with Crippen molar-refractivity contribution in [2.24, 2.45) is 9.98 Å². The Hall–Kier alpha value is -2.62. The fraction of sp³-hybridized carbons (Fsp3) is 0.364. The van der Waals surface area contributed by atoms with Gasteiger partial charge in [0.15, 0.2) is 11.7 Å². The van der Waals surface area contributed by atoms with Crippen molar-refractivity contribution < 1.29 is 0 Å². The summed E-state index contributed by atoms with van der Waals surface area (Å²) in [5.41, 5.74) is 4.59. The minimum absolute atomic E-state index is 0.306. The number of aryl methyl sites for hydroxylation is 2. The Bertz CT molecular complexity index is 747. The zero-order valence-electron chi connectivity index (χ0n) is 15.5. The van der Waals surface area contributed by atoms with Crippen LogP contribution in [-0.2, 0) is 0 Å². The molecule has 0 amide bonds. The van der Waals surface area contributed by atoms with E-state index in [2.05, 4.69) is 73.0 Å². The molecule has 0 spiro atoms. The van der Waals surface area contributed by atoms with Crippen molar-refractivity contribution in [1.82, 2.24) is 0 Å². The number of fused-ring (bicyclic) bond motifs is 1. The van der Waals surface area contributed by atoms with Crippen molar-refractivity contribution in [2.45, 2.75) is 51.6 Å². The fourth-order valence-electron chi connectivity index (χ4n) is 3.58. The smallest absolute Gasteiger partial charge is 0.169 e. The molecule has 134 valence electrons. The van der Waals surface area contributed by atoms with Crippen LogP contribution in [0, 0.1) is 13.8 Å². The third kappa shape index (κ3) is 3.79. The number of aliphatic imine (C=N–C) groups is 2. The second-order valence-electron chi connectivity index (χ2n) is 7.36. The van der Waals surface area contributed by atoms with Gasteiger partial charge in [0.2, 0.25) is 0 Å². The molecule has 4 rings (SSSR count). The summed E-state index contributed by atoms with van der Waals surface area (Å²) in [4.78, 5) is 10.1. The summed E-state index contributed by atoms with van der Waals surface area (Å²) in [6, 6.07) is 17.4. The first-order valence-corrected chi connectivity index (χ1v) is 9.51. The van der Waals surface area contributed by atoms with E-state index >= 15 is 0 Å². The molecule has 1 aliphatic carbocycles. The minimum Gasteiger partial charge on any atom is -0.337 e. The molecule has 1 fully saturated rings. The molecule has 1 aliphatic heterocycles. The van der Waals surface area contributed by atoms with Crippen molar-refractivity contribution in [3.63, 3.8) is 0 Å². The predicted octanol–water partition coefficient (Wildman–Crippen LogP) is 4.95. The Morgan fingerprint density at radius 3 is 1.42 bits per heavy atom. The minimum atomic E-state index is 0.306. The normalized spacial score (nSPS) is 22.1. The highest BCUT2D eigenvalue weighted by molar-refractivity contribution is 6.48. The molecule has 4 nitrogen and oxygen atoms in total. The average Bonchev–Trinajstić information content (AvgIpc) is 2.66. The lowest BCUT2D eigenvalue weighted by Gasteiger charge is -2.31. The van der Waals surface area contributed by atoms with Gasteiger partial charge in [-0.15, -0.1) is 0 Å². The number of nitrogens with one attached hydrogen (secondary N) is 2. The molecule has 4 heteroatoms. The maximum absolute atomic E-state index is 5.03. The molecule has 0 unspecified atom stereocenters. The van der Waals surface area contributed by atoms with Gasteiger partial charge in [-0.3, -0.25) is 9.98 Å². The van der Waals surface area contributed by atoms with Crippen LogP contribution in [0.5, 0.6) is 0 Å². The van der Waals surface area contributed by atoms with Gasteiger partial charge in [0.25, 0.3) is 0 Å². The van der Waals surface area contributed by atoms with Crippen LogP contribution in [0.1, 0.15) is 36.8 Å². The van der Waals surface area contributed by atoms with Gasteiger partial charge in [0.05, 0.1) is 12.1 Å². The second kappa shape index (κ2) is 7.32. The number of hydrogen-bond acceptors (Lipinski definition) is 4. The second-order valence-corrected chi connectivity index (χ2v) is 7.36. The molecule has 2 aliphatic rings. The highest BCUT2D eigenvalue weighted by Gasteiger charge is 2.30. The fourth-order valence-corrected chi connectivity index (χ4v) is 3.58. The summed E-state index contributed by atoms with van der Waals surface area (Å²) in [5, 5.41) is 6.96. The maximum Gasteiger partial charge on any atom is 0.169 e. The van der Waals surface area contributed by atoms with Crippen molar-refractivity contribution >= 4 is 23.0 Å². The summed E-state index contributed by atoms with van der Waals surface area (Å²) in [5.74, 6) is 1.69. The summed E-state index contributed by atoms with van der Waals surface area (Å²) in [6.07, 6.45) is 4.76. The third-order valence-corrected chi connectivity index (χ3v) is 5.14. The van der Waals surface area contributed by atoms with Crippen molar-refractivity contribution in [3.8, 4) is 0 Å². The molecule has 2 aromatic rings. The number of anilines is 2. The van der Waals surface area contributed by atoms with Crippen LogP contribution in [0.15, 0.2) is 58.5 Å². The zero-order valence-corrected chi connectivity index (χ0v) is 15.5. The molecule has 0 saturated heterocycles. The maximum atomic E-state index is 5.03. The van der Waals surface area contributed by atoms with Gasteiger partial charge in [-0.2, -0.15) is 0 Å². The summed E-state index contributed by atoms with van der Waals surface area (Å²) in [6.45, 7) is 4.20. The van der Waals surface area contributed by atoms with Crippen molar-refractivity contribution in [3.05, 3.63) is 59.7 Å². The largest absolute Gasteiger partial charge is 0.337 e. The Morgan fingerprint density at radius 1 is 0.654 bits per heavy atom. The predicted molar refractivity (Wildman–Crippen MR) is 111 cm³/mol. The van der Waals surface area contributed by atoms with Gasteiger partial charge in [0, 0.05) is 11.4 Å². The van der Waals surface area contributed by atoms with Gasteiger partial charge >= 0.3 is 0 Å². The van der Waals surface area contributed by atoms with Crippen LogP contribution >= 0.6 is 0 Å². The van der Waals surface area contributed by atoms with E-state index in [9.17, 15) is 0 Å². The third-order valence-electron chi connectivity index (χ3n) is 5.14. The van der Waals surface area contributed by atoms with Crippen LogP contribution in [-0.4, -0.2) is 23.8 Å². The molecule has 26 heavy (non-hydrogen) atoms. The highest BCUT2D eigenvalue weighted by atomic mass is 15.2. The molecule has 0 radical (unpaired) electrons. The quantitative estimate of drug-likeness (QED) is 0.808. The number of amidine groups is 2. The molecule has 1 heterocycles. The molecule has 2 aromatic carbocycles. The molecule has 2 N–H and O–H groups in total. The van der Waals surface area contributed by atoms with Gasteiger partial charge in [-0.05, 0) is 51.0 Å². The van der Waals surface area contributed by atoms with Crippen LogP contribution < -0.4 is 10.6 Å². The first-order chi connectivity index (χ1) is 12.7. The SMILES string of the molecule is Cc1ccc(NC2=N[C@H]3CCCC[C@H]3N=C2Nc2ccc(C)cc2)cc1. The van der Waals surface area contributed by atoms with E-state index in [-0.39, 0.29) is 0 Å². The monoisotopic (exact) mass is 346 g/mol. The van der Waals surface area contributed by atoms with E-state index in [1.807, 2.05) is 0 Å². The van der Waals surface area contributed by atoms with Gasteiger partial charge in [0.1, 0.15) is 0 Å². The molecule has 1 saturated carbocycles. The van der Waals surface area contributed by atoms with E-state index in [1.54, 1.807) is 0 Å². The van der Waals surface area contributed by atoms with E-state index < -0.39 is 0 Å². The molecule has 0 aromatic heterocycles. The lowest BCUT2D eigenvalue weighted by atomic mass is 9.90. The van der Waals surface area contributed by atoms with Crippen LogP contribution in [0.2, 0.25) is 0 Å². The number of nitrogens with zero attached hydrogens (tertiary/aromatic N) is 2. The van der Waals surface area contributed by atoms with Crippen LogP contribution in [0.3, 0.4) is 0 Å². The van der Waals surface area contributed by atoms with Crippen LogP contribution in [0.4, 0.5) is 11.4 Å². The summed E-state index contributed by atoms with van der Waals surface area (Å²) < 4.78 is 0. The van der Waals surface area contributed by atoms with E-state index in [1.165, 1.54) is 24.0 Å². The number of benzene rings is 2. The Kier molecular flexibility index (Phi) is 4.74. The topological polar surface area (TPSA) is 48.8 Å². The van der Waals surface area contributed by atoms with E-state index in [0.29, 0.717) is 12.1 Å². The standard InChI is InChI=1S/C22H26N4/c1-15-7-11-17(12-8-15)23-21-22(24-18-13-9-16(2)10-14-18)26-20-6-4-3-5-19(20)25-21/h7-14,19-20H,3-6H2,1-2H3,(H,23,25)(H,24,26)/t19-,20+. The van der Waals surface area contributed by atoms with Gasteiger partial charge < -0.3 is 10.6 Å². The number of rotatable bonds is 2. The summed E-state index contributed by atoms with van der Waals surface area (Å²) >= 11 is 0. The lowest BCUT2D eigenvalue weighted by molar-refractivity contribution is 0.386. The van der Waals surface area contributed by atoms with Crippen molar-refractivity contribution in [2.75, 3.05) is 10.6 Å². The first kappa shape index (κ1) is 16.8. The highest BCUT2D eigenvalue weighted by Crippen LogP contribution is 2.27. The summed E-state index contributed by atoms with van der Waals surface area (Å²) in [7, 11) is 0. The average molecular weight is 346 g/mol. The van der Waals surface area contributed by atoms with Gasteiger partial charge in [-0.25, -0.2) is 0 Å². The van der Waals surface area contributed by atoms with Crippen molar-refractivity contribution in [1.29, 1.82) is 0 Å². The van der Waals surface area contributed by atoms with Gasteiger partial charge in [-0.1, -0.05) is 48.2 Å². The van der Waals surface area contributed by atoms with E-state index in [0.717, 1.165) is 35.9 Å². The Balaban J connectivity index is 1.60. The molecular formula is C22H26N4.